The summed E-state index contributed by atoms with van der Waals surface area (Å²) in [4.78, 5) is 12.2. The number of hydrogen-bond donors (Lipinski definition) is 2. The Bertz CT molecular complexity index is 636. The van der Waals surface area contributed by atoms with Gasteiger partial charge in [0.15, 0.2) is 5.66 Å². The van der Waals surface area contributed by atoms with Gasteiger partial charge in [-0.05, 0) is 12.8 Å². The molecule has 8 nitrogen and oxygen atoms in total. The van der Waals surface area contributed by atoms with Gasteiger partial charge in [-0.3, -0.25) is 4.79 Å². The number of nitrogens with one attached hydrogen (secondary N) is 2. The smallest absolute Gasteiger partial charge is 0.242 e. The maximum absolute atomic E-state index is 12.2. The van der Waals surface area contributed by atoms with Gasteiger partial charge in [0.1, 0.15) is 17.6 Å². The molecule has 22 heavy (non-hydrogen) atoms. The van der Waals surface area contributed by atoms with Crippen LogP contribution in [0.25, 0.3) is 0 Å². The number of carbonyl (C=O) groups excluding carboxylic acids is 1. The van der Waals surface area contributed by atoms with Gasteiger partial charge in [-0.25, -0.2) is 4.68 Å². The number of nitrogens with zero attached hydrogens (tertiary/aromatic N) is 5. The van der Waals surface area contributed by atoms with Crippen LogP contribution in [-0.2, 0) is 18.3 Å². The second-order valence-electron chi connectivity index (χ2n) is 5.67. The zero-order valence-electron chi connectivity index (χ0n) is 12.5. The maximum atomic E-state index is 12.2. The standard InChI is InChI=1S/C14H19N7O/c1-3-4-7-14(18-19-14)8-9-15-13(22)11-6-5-10-12(16-11)21(2)20-17-10/h1,11,16H,4-9H2,2H3,(H,15,22). The van der Waals surface area contributed by atoms with Crippen LogP contribution < -0.4 is 10.6 Å². The average molecular weight is 301 g/mol. The number of fused-ring (bicyclic) bond motifs is 1. The third kappa shape index (κ3) is 2.93. The molecule has 1 unspecified atom stereocenters. The first-order chi connectivity index (χ1) is 10.6. The highest BCUT2D eigenvalue weighted by molar-refractivity contribution is 5.85. The first-order valence-electron chi connectivity index (χ1n) is 7.44. The second kappa shape index (κ2) is 5.75. The molecule has 2 aliphatic rings. The maximum Gasteiger partial charge on any atom is 0.242 e. The molecular weight excluding hydrogens is 282 g/mol. The van der Waals surface area contributed by atoms with Crippen LogP contribution in [0.2, 0.25) is 0 Å². The summed E-state index contributed by atoms with van der Waals surface area (Å²) in [5.41, 5.74) is 0.564. The third-order valence-electron chi connectivity index (χ3n) is 4.07. The Morgan fingerprint density at radius 3 is 3.09 bits per heavy atom. The largest absolute Gasteiger partial charge is 0.357 e. The molecular formula is C14H19N7O. The molecule has 0 bridgehead atoms. The van der Waals surface area contributed by atoms with Crippen molar-refractivity contribution in [2.24, 2.45) is 17.3 Å². The molecule has 1 atom stereocenters. The summed E-state index contributed by atoms with van der Waals surface area (Å²) >= 11 is 0. The van der Waals surface area contributed by atoms with Crippen molar-refractivity contribution in [3.05, 3.63) is 5.69 Å². The molecule has 2 N–H and O–H groups in total. The number of rotatable bonds is 6. The Morgan fingerprint density at radius 2 is 2.36 bits per heavy atom. The predicted octanol–water partition coefficient (Wildman–Crippen LogP) is 0.624. The molecule has 0 saturated carbocycles. The van der Waals surface area contributed by atoms with Crippen LogP contribution in [0.15, 0.2) is 10.2 Å². The fraction of sp³-hybridized carbons (Fsp3) is 0.643. The summed E-state index contributed by atoms with van der Waals surface area (Å²) in [7, 11) is 1.81. The molecule has 0 radical (unpaired) electrons. The van der Waals surface area contributed by atoms with Crippen molar-refractivity contribution in [3.8, 4) is 12.3 Å². The van der Waals surface area contributed by atoms with E-state index in [1.54, 1.807) is 4.68 Å². The number of aromatic nitrogens is 3. The van der Waals surface area contributed by atoms with Crippen LogP contribution in [0, 0.1) is 12.3 Å². The molecule has 8 heteroatoms. The summed E-state index contributed by atoms with van der Waals surface area (Å²) in [6.45, 7) is 0.547. The van der Waals surface area contributed by atoms with Crippen molar-refractivity contribution in [2.45, 2.75) is 43.8 Å². The van der Waals surface area contributed by atoms with Gasteiger partial charge in [0.2, 0.25) is 5.91 Å². The van der Waals surface area contributed by atoms with Gasteiger partial charge in [-0.2, -0.15) is 10.2 Å². The molecule has 2 aliphatic heterocycles. The predicted molar refractivity (Wildman–Crippen MR) is 80.0 cm³/mol. The molecule has 0 fully saturated rings. The molecule has 116 valence electrons. The topological polar surface area (TPSA) is 96.6 Å². The lowest BCUT2D eigenvalue weighted by molar-refractivity contribution is -0.122. The normalized spacial score (nSPS) is 20.6. The molecule has 1 aromatic heterocycles. The SMILES string of the molecule is C#CCCC1(CCNC(=O)C2CCc3nnn(C)c3N2)N=N1. The number of aryl methyl sites for hydroxylation is 2. The molecule has 0 spiro atoms. The first-order valence-corrected chi connectivity index (χ1v) is 7.44. The summed E-state index contributed by atoms with van der Waals surface area (Å²) < 4.78 is 1.66. The van der Waals surface area contributed by atoms with E-state index in [-0.39, 0.29) is 17.6 Å². The van der Waals surface area contributed by atoms with Crippen molar-refractivity contribution in [3.63, 3.8) is 0 Å². The average Bonchev–Trinajstić information content (AvgIpc) is 3.21. The van der Waals surface area contributed by atoms with Crippen LogP contribution in [0.3, 0.4) is 0 Å². The highest BCUT2D eigenvalue weighted by Gasteiger charge is 2.38. The minimum atomic E-state index is -0.348. The molecule has 3 rings (SSSR count). The van der Waals surface area contributed by atoms with Gasteiger partial charge >= 0.3 is 0 Å². The van der Waals surface area contributed by atoms with E-state index in [0.717, 1.165) is 24.4 Å². The van der Waals surface area contributed by atoms with Crippen LogP contribution in [0.4, 0.5) is 5.82 Å². The zero-order chi connectivity index (χ0) is 15.6. The van der Waals surface area contributed by atoms with E-state index < -0.39 is 0 Å². The monoisotopic (exact) mass is 301 g/mol. The highest BCUT2D eigenvalue weighted by atomic mass is 16.2. The van der Waals surface area contributed by atoms with Crippen molar-refractivity contribution in [1.29, 1.82) is 0 Å². The Labute approximate surface area is 128 Å². The van der Waals surface area contributed by atoms with Crippen molar-refractivity contribution >= 4 is 11.7 Å². The van der Waals surface area contributed by atoms with E-state index in [1.807, 2.05) is 7.05 Å². The molecule has 0 aliphatic carbocycles. The number of anilines is 1. The Kier molecular flexibility index (Phi) is 3.79. The minimum Gasteiger partial charge on any atom is -0.357 e. The summed E-state index contributed by atoms with van der Waals surface area (Å²) in [5.74, 6) is 3.40. The Balaban J connectivity index is 1.46. The number of hydrogen-bond acceptors (Lipinski definition) is 6. The van der Waals surface area contributed by atoms with E-state index in [4.69, 9.17) is 6.42 Å². The quantitative estimate of drug-likeness (QED) is 0.753. The second-order valence-corrected chi connectivity index (χ2v) is 5.67. The fourth-order valence-electron chi connectivity index (χ4n) is 2.64. The van der Waals surface area contributed by atoms with Crippen LogP contribution in [0.5, 0.6) is 0 Å². The van der Waals surface area contributed by atoms with Crippen LogP contribution in [-0.4, -0.2) is 39.2 Å². The van der Waals surface area contributed by atoms with Crippen molar-refractivity contribution < 1.29 is 4.79 Å². The summed E-state index contributed by atoms with van der Waals surface area (Å²) in [5, 5.41) is 22.3. The highest BCUT2D eigenvalue weighted by Crippen LogP contribution is 2.36. The zero-order valence-corrected chi connectivity index (χ0v) is 12.5. The van der Waals surface area contributed by atoms with E-state index in [1.165, 1.54) is 0 Å². The van der Waals surface area contributed by atoms with Crippen LogP contribution >= 0.6 is 0 Å². The number of amides is 1. The third-order valence-corrected chi connectivity index (χ3v) is 4.07. The lowest BCUT2D eigenvalue weighted by atomic mass is 10.0. The minimum absolute atomic E-state index is 0.0143. The first kappa shape index (κ1) is 14.5. The van der Waals surface area contributed by atoms with E-state index >= 15 is 0 Å². The summed E-state index contributed by atoms with van der Waals surface area (Å²) in [6.07, 6.45) is 8.84. The molecule has 0 aromatic carbocycles. The van der Waals surface area contributed by atoms with Gasteiger partial charge in [0, 0.05) is 32.9 Å². The van der Waals surface area contributed by atoms with Crippen LogP contribution in [0.1, 0.15) is 31.4 Å². The van der Waals surface area contributed by atoms with E-state index in [9.17, 15) is 4.79 Å². The number of carbonyl (C=O) groups is 1. The summed E-state index contributed by atoms with van der Waals surface area (Å²) in [6, 6.07) is -0.251. The van der Waals surface area contributed by atoms with Crippen molar-refractivity contribution in [2.75, 3.05) is 11.9 Å². The Morgan fingerprint density at radius 1 is 1.55 bits per heavy atom. The van der Waals surface area contributed by atoms with Gasteiger partial charge in [0.25, 0.3) is 0 Å². The van der Waals surface area contributed by atoms with Gasteiger partial charge in [-0.1, -0.05) is 5.21 Å². The van der Waals surface area contributed by atoms with Gasteiger partial charge < -0.3 is 10.6 Å². The van der Waals surface area contributed by atoms with E-state index in [0.29, 0.717) is 25.8 Å². The molecule has 1 amide bonds. The fourth-order valence-corrected chi connectivity index (χ4v) is 2.64. The van der Waals surface area contributed by atoms with Gasteiger partial charge in [-0.15, -0.1) is 17.4 Å². The van der Waals surface area contributed by atoms with Gasteiger partial charge in [0.05, 0.1) is 0 Å². The van der Waals surface area contributed by atoms with E-state index in [2.05, 4.69) is 37.1 Å². The number of terminal acetylenes is 1. The lowest BCUT2D eigenvalue weighted by Crippen LogP contribution is -2.43. The van der Waals surface area contributed by atoms with Crippen molar-refractivity contribution in [1.82, 2.24) is 20.3 Å². The Hall–Kier alpha value is -2.43. The molecule has 0 saturated heterocycles. The molecule has 3 heterocycles. The lowest BCUT2D eigenvalue weighted by Gasteiger charge is -2.23. The molecule has 1 aromatic rings.